The number of nitrogens with one attached hydrogen (secondary N) is 1. The smallest absolute Gasteiger partial charge is 0.168 e. The molecule has 0 fully saturated rings. The molecule has 19 heavy (non-hydrogen) atoms. The Kier molecular flexibility index (Phi) is 2.77. The monoisotopic (exact) mass is 294 g/mol. The van der Waals surface area contributed by atoms with Crippen LogP contribution in [0.1, 0.15) is 0 Å². The van der Waals surface area contributed by atoms with Crippen LogP contribution >= 0.6 is 23.2 Å². The quantitative estimate of drug-likeness (QED) is 0.595. The minimum absolute atomic E-state index is 0.200. The molecule has 0 saturated carbocycles. The van der Waals surface area contributed by atoms with Gasteiger partial charge in [-0.05, 0) is 24.3 Å². The van der Waals surface area contributed by atoms with Gasteiger partial charge in [0.25, 0.3) is 0 Å². The first-order chi connectivity index (χ1) is 9.06. The summed E-state index contributed by atoms with van der Waals surface area (Å²) in [6.07, 6.45) is 0. The van der Waals surface area contributed by atoms with Crippen LogP contribution in [0.3, 0.4) is 0 Å². The molecule has 0 aliphatic heterocycles. The Bertz CT molecular complexity index is 745. The molecule has 6 heteroatoms. The fraction of sp³-hybridized carbons (Fsp3) is 0. The van der Waals surface area contributed by atoms with E-state index in [0.29, 0.717) is 32.5 Å². The van der Waals surface area contributed by atoms with Crippen molar-refractivity contribution in [1.29, 1.82) is 0 Å². The average molecular weight is 295 g/mol. The molecule has 4 nitrogen and oxygen atoms in total. The first kappa shape index (κ1) is 12.1. The van der Waals surface area contributed by atoms with Crippen LogP contribution in [0.4, 0.5) is 0 Å². The van der Waals surface area contributed by atoms with Gasteiger partial charge in [-0.1, -0.05) is 29.3 Å². The molecule has 2 aromatic carbocycles. The molecule has 0 saturated heterocycles. The number of imidazole rings is 1. The predicted octanol–water partition coefficient (Wildman–Crippen LogP) is 3.95. The van der Waals surface area contributed by atoms with E-state index in [0.717, 1.165) is 0 Å². The Morgan fingerprint density at radius 1 is 1.05 bits per heavy atom. The molecule has 0 spiro atoms. The fourth-order valence-electron chi connectivity index (χ4n) is 1.85. The van der Waals surface area contributed by atoms with E-state index < -0.39 is 0 Å². The Labute approximate surface area is 118 Å². The maximum Gasteiger partial charge on any atom is 0.168 e. The summed E-state index contributed by atoms with van der Waals surface area (Å²) < 4.78 is 0. The van der Waals surface area contributed by atoms with E-state index in [-0.39, 0.29) is 11.5 Å². The number of hydrogen-bond acceptors (Lipinski definition) is 3. The first-order valence-corrected chi connectivity index (χ1v) is 6.18. The number of aromatic hydroxyl groups is 2. The summed E-state index contributed by atoms with van der Waals surface area (Å²) in [6, 6.07) is 7.97. The maximum absolute atomic E-state index is 9.82. The second-order valence-corrected chi connectivity index (χ2v) is 4.86. The molecule has 0 radical (unpaired) electrons. The highest BCUT2D eigenvalue weighted by Gasteiger charge is 2.13. The van der Waals surface area contributed by atoms with Crippen molar-refractivity contribution in [3.05, 3.63) is 40.4 Å². The lowest BCUT2D eigenvalue weighted by Gasteiger charge is -2.02. The zero-order valence-corrected chi connectivity index (χ0v) is 11.0. The van der Waals surface area contributed by atoms with Crippen LogP contribution in [-0.2, 0) is 0 Å². The average Bonchev–Trinajstić information content (AvgIpc) is 2.76. The molecule has 0 bridgehead atoms. The van der Waals surface area contributed by atoms with Crippen LogP contribution in [0.25, 0.3) is 22.4 Å². The van der Waals surface area contributed by atoms with Gasteiger partial charge in [-0.2, -0.15) is 0 Å². The van der Waals surface area contributed by atoms with Gasteiger partial charge in [-0.3, -0.25) is 0 Å². The van der Waals surface area contributed by atoms with Crippen molar-refractivity contribution in [2.75, 3.05) is 0 Å². The van der Waals surface area contributed by atoms with E-state index in [1.807, 2.05) is 0 Å². The highest BCUT2D eigenvalue weighted by molar-refractivity contribution is 6.42. The molecule has 0 unspecified atom stereocenters. The predicted molar refractivity (Wildman–Crippen MR) is 74.9 cm³/mol. The number of fused-ring (bicyclic) bond motifs is 1. The Morgan fingerprint density at radius 2 is 1.79 bits per heavy atom. The van der Waals surface area contributed by atoms with Crippen LogP contribution in [0.5, 0.6) is 11.5 Å². The van der Waals surface area contributed by atoms with Gasteiger partial charge in [0.1, 0.15) is 5.82 Å². The molecule has 3 aromatic rings. The van der Waals surface area contributed by atoms with Crippen molar-refractivity contribution in [3.63, 3.8) is 0 Å². The third kappa shape index (κ3) is 1.99. The van der Waals surface area contributed by atoms with Crippen molar-refractivity contribution in [2.24, 2.45) is 0 Å². The van der Waals surface area contributed by atoms with Crippen LogP contribution in [0.15, 0.2) is 30.3 Å². The van der Waals surface area contributed by atoms with Gasteiger partial charge >= 0.3 is 0 Å². The van der Waals surface area contributed by atoms with E-state index in [9.17, 15) is 10.2 Å². The van der Waals surface area contributed by atoms with E-state index in [1.165, 1.54) is 6.07 Å². The number of halogens is 2. The lowest BCUT2D eigenvalue weighted by Crippen LogP contribution is -1.81. The number of H-pyrrole nitrogens is 1. The molecule has 1 heterocycles. The number of aromatic amines is 1. The van der Waals surface area contributed by atoms with Gasteiger partial charge in [-0.25, -0.2) is 4.98 Å². The SMILES string of the molecule is Oc1cccc(-c2nc3cc(Cl)c(Cl)cc3[nH]2)c1O. The zero-order valence-electron chi connectivity index (χ0n) is 9.48. The van der Waals surface area contributed by atoms with Crippen LogP contribution in [0, 0.1) is 0 Å². The highest BCUT2D eigenvalue weighted by Crippen LogP contribution is 2.36. The molecule has 96 valence electrons. The summed E-state index contributed by atoms with van der Waals surface area (Å²) >= 11 is 11.9. The summed E-state index contributed by atoms with van der Waals surface area (Å²) in [5.74, 6) is 0.00880. The number of hydrogen-bond donors (Lipinski definition) is 3. The van der Waals surface area contributed by atoms with Crippen molar-refractivity contribution in [1.82, 2.24) is 9.97 Å². The molecular formula is C13H8Cl2N2O2. The number of phenolic OH excluding ortho intramolecular Hbond substituents is 2. The van der Waals surface area contributed by atoms with Crippen LogP contribution in [-0.4, -0.2) is 20.2 Å². The molecule has 0 aliphatic rings. The van der Waals surface area contributed by atoms with Crippen molar-refractivity contribution < 1.29 is 10.2 Å². The van der Waals surface area contributed by atoms with Gasteiger partial charge in [0, 0.05) is 0 Å². The third-order valence-corrected chi connectivity index (χ3v) is 3.52. The molecule has 3 rings (SSSR count). The van der Waals surface area contributed by atoms with Crippen LogP contribution < -0.4 is 0 Å². The fourth-order valence-corrected chi connectivity index (χ4v) is 2.18. The van der Waals surface area contributed by atoms with Gasteiger partial charge < -0.3 is 15.2 Å². The minimum Gasteiger partial charge on any atom is -0.504 e. The summed E-state index contributed by atoms with van der Waals surface area (Å²) in [6.45, 7) is 0. The summed E-state index contributed by atoms with van der Waals surface area (Å²) in [4.78, 5) is 7.34. The Morgan fingerprint density at radius 3 is 2.58 bits per heavy atom. The normalized spacial score (nSPS) is 11.1. The number of para-hydroxylation sites is 1. The Hall–Kier alpha value is -1.91. The topological polar surface area (TPSA) is 69.1 Å². The van der Waals surface area contributed by atoms with Crippen LogP contribution in [0.2, 0.25) is 10.0 Å². The highest BCUT2D eigenvalue weighted by atomic mass is 35.5. The number of benzene rings is 2. The summed E-state index contributed by atoms with van der Waals surface area (Å²) in [5.41, 5.74) is 1.74. The summed E-state index contributed by atoms with van der Waals surface area (Å²) in [7, 11) is 0. The number of phenols is 2. The van der Waals surface area contributed by atoms with Gasteiger partial charge in [0.2, 0.25) is 0 Å². The molecule has 1 aromatic heterocycles. The third-order valence-electron chi connectivity index (χ3n) is 2.79. The first-order valence-electron chi connectivity index (χ1n) is 5.42. The number of rotatable bonds is 1. The molecule has 0 atom stereocenters. The van der Waals surface area contributed by atoms with Crippen molar-refractivity contribution in [3.8, 4) is 22.9 Å². The number of aromatic nitrogens is 2. The minimum atomic E-state index is -0.223. The number of nitrogens with zero attached hydrogens (tertiary/aromatic N) is 1. The second-order valence-electron chi connectivity index (χ2n) is 4.04. The largest absolute Gasteiger partial charge is 0.504 e. The van der Waals surface area contributed by atoms with E-state index in [4.69, 9.17) is 23.2 Å². The molecule has 0 aliphatic carbocycles. The second kappa shape index (κ2) is 4.33. The maximum atomic E-state index is 9.82. The lowest BCUT2D eigenvalue weighted by atomic mass is 10.2. The van der Waals surface area contributed by atoms with E-state index in [1.54, 1.807) is 24.3 Å². The standard InChI is InChI=1S/C13H8Cl2N2O2/c14-7-4-9-10(5-8(7)15)17-13(16-9)6-2-1-3-11(18)12(6)19/h1-5,18-19H,(H,16,17). The summed E-state index contributed by atoms with van der Waals surface area (Å²) in [5, 5.41) is 20.1. The van der Waals surface area contributed by atoms with Crippen molar-refractivity contribution >= 4 is 34.2 Å². The van der Waals surface area contributed by atoms with E-state index in [2.05, 4.69) is 9.97 Å². The zero-order chi connectivity index (χ0) is 13.6. The van der Waals surface area contributed by atoms with Gasteiger partial charge in [0.05, 0.1) is 26.6 Å². The molecule has 3 N–H and O–H groups in total. The van der Waals surface area contributed by atoms with Crippen molar-refractivity contribution in [2.45, 2.75) is 0 Å². The Balaban J connectivity index is 2.23. The van der Waals surface area contributed by atoms with Gasteiger partial charge in [-0.15, -0.1) is 0 Å². The lowest BCUT2D eigenvalue weighted by molar-refractivity contribution is 0.405. The van der Waals surface area contributed by atoms with E-state index >= 15 is 0 Å². The van der Waals surface area contributed by atoms with Gasteiger partial charge in [0.15, 0.2) is 11.5 Å². The molecular weight excluding hydrogens is 287 g/mol. The molecule has 0 amide bonds.